The molecule has 17 nitrogen and oxygen atoms in total. The highest BCUT2D eigenvalue weighted by atomic mass is 31.2. The number of carbonyl (C=O) groups is 4. The summed E-state index contributed by atoms with van der Waals surface area (Å²) >= 11 is 0. The van der Waals surface area contributed by atoms with E-state index in [9.17, 15) is 43.2 Å². The van der Waals surface area contributed by atoms with Gasteiger partial charge in [0.2, 0.25) is 0 Å². The van der Waals surface area contributed by atoms with E-state index >= 15 is 0 Å². The predicted molar refractivity (Wildman–Crippen MR) is 423 cm³/mol. The van der Waals surface area contributed by atoms with Gasteiger partial charge in [-0.25, -0.2) is 9.13 Å². The van der Waals surface area contributed by atoms with Gasteiger partial charge in [0.05, 0.1) is 26.4 Å². The first-order valence-electron chi connectivity index (χ1n) is 43.5. The van der Waals surface area contributed by atoms with Gasteiger partial charge >= 0.3 is 39.5 Å². The number of carbonyl (C=O) groups excluding carboxylic acids is 4. The number of esters is 4. The third kappa shape index (κ3) is 76.6. The van der Waals surface area contributed by atoms with Crippen molar-refractivity contribution in [2.75, 3.05) is 39.6 Å². The van der Waals surface area contributed by atoms with Crippen molar-refractivity contribution in [3.63, 3.8) is 0 Å². The molecular weight excluding hydrogens is 1340 g/mol. The number of ether oxygens (including phenoxy) is 4. The fourth-order valence-electron chi connectivity index (χ4n) is 13.0. The molecule has 0 spiro atoms. The first-order chi connectivity index (χ1) is 49.9. The Kier molecular flexibility index (Phi) is 74.1. The summed E-state index contributed by atoms with van der Waals surface area (Å²) in [6.45, 7) is 9.66. The molecule has 0 aromatic carbocycles. The lowest BCUT2D eigenvalue weighted by molar-refractivity contribution is -0.161. The lowest BCUT2D eigenvalue weighted by Crippen LogP contribution is -2.30. The molecule has 0 amide bonds. The molecule has 0 aromatic rings. The Morgan fingerprint density at radius 2 is 0.495 bits per heavy atom. The summed E-state index contributed by atoms with van der Waals surface area (Å²) in [6.07, 6.45) is 66.7. The first-order valence-corrected chi connectivity index (χ1v) is 46.5. The van der Waals surface area contributed by atoms with Gasteiger partial charge in [-0.3, -0.25) is 37.3 Å². The van der Waals surface area contributed by atoms with Gasteiger partial charge in [0.1, 0.15) is 19.3 Å². The lowest BCUT2D eigenvalue weighted by atomic mass is 9.99. The average molecular weight is 1510 g/mol. The number of aliphatic hydroxyl groups is 1. The van der Waals surface area contributed by atoms with E-state index in [0.29, 0.717) is 31.6 Å². The molecule has 0 heterocycles. The smallest absolute Gasteiger partial charge is 0.462 e. The molecule has 0 saturated heterocycles. The number of hydrogen-bond donors (Lipinski definition) is 3. The Hall–Kier alpha value is -1.94. The van der Waals surface area contributed by atoms with Gasteiger partial charge in [0, 0.05) is 25.7 Å². The second kappa shape index (κ2) is 75.5. The molecule has 0 aromatic heterocycles. The number of phosphoric acid groups is 2. The van der Waals surface area contributed by atoms with Gasteiger partial charge in [0.15, 0.2) is 12.2 Å². The van der Waals surface area contributed by atoms with Gasteiger partial charge in [-0.1, -0.05) is 395 Å². The van der Waals surface area contributed by atoms with Crippen molar-refractivity contribution in [3.05, 3.63) is 0 Å². The van der Waals surface area contributed by atoms with Crippen LogP contribution in [0.1, 0.15) is 446 Å². The maximum atomic E-state index is 13.1. The van der Waals surface area contributed by atoms with E-state index in [0.717, 1.165) is 102 Å². The zero-order valence-corrected chi connectivity index (χ0v) is 69.4. The molecule has 0 saturated carbocycles. The molecule has 0 fully saturated rings. The van der Waals surface area contributed by atoms with Crippen LogP contribution in [0.4, 0.5) is 0 Å². The van der Waals surface area contributed by atoms with E-state index in [4.69, 9.17) is 37.0 Å². The van der Waals surface area contributed by atoms with E-state index in [1.54, 1.807) is 0 Å². The zero-order valence-electron chi connectivity index (χ0n) is 67.6. The van der Waals surface area contributed by atoms with Crippen LogP contribution < -0.4 is 0 Å². The van der Waals surface area contributed by atoms with Crippen molar-refractivity contribution in [2.45, 2.75) is 464 Å². The van der Waals surface area contributed by atoms with E-state index in [1.807, 2.05) is 0 Å². The largest absolute Gasteiger partial charge is 0.472 e. The van der Waals surface area contributed by atoms with Crippen LogP contribution in [-0.4, -0.2) is 96.7 Å². The van der Waals surface area contributed by atoms with Crippen molar-refractivity contribution < 1.29 is 80.2 Å². The first kappa shape index (κ1) is 101. The lowest BCUT2D eigenvalue weighted by Gasteiger charge is -2.21. The molecule has 0 aliphatic rings. The maximum absolute atomic E-state index is 13.1. The number of rotatable bonds is 83. The van der Waals surface area contributed by atoms with Gasteiger partial charge in [-0.05, 0) is 37.5 Å². The van der Waals surface area contributed by atoms with Crippen molar-refractivity contribution in [1.29, 1.82) is 0 Å². The fraction of sp³-hybridized carbons (Fsp3) is 0.952. The van der Waals surface area contributed by atoms with Crippen LogP contribution >= 0.6 is 15.6 Å². The fourth-order valence-corrected chi connectivity index (χ4v) is 14.6. The van der Waals surface area contributed by atoms with E-state index in [1.165, 1.54) is 257 Å². The molecule has 612 valence electrons. The van der Waals surface area contributed by atoms with Crippen LogP contribution in [0.15, 0.2) is 0 Å². The normalized spacial score (nSPS) is 14.1. The van der Waals surface area contributed by atoms with E-state index < -0.39 is 97.5 Å². The molecule has 0 aliphatic heterocycles. The number of phosphoric ester groups is 2. The molecule has 19 heteroatoms. The Labute approximate surface area is 632 Å². The summed E-state index contributed by atoms with van der Waals surface area (Å²) in [5.74, 6) is -0.550. The molecule has 0 bridgehead atoms. The quantitative estimate of drug-likeness (QED) is 0.0222. The Bertz CT molecular complexity index is 1980. The van der Waals surface area contributed by atoms with Crippen molar-refractivity contribution >= 4 is 39.5 Å². The monoisotopic (exact) mass is 1510 g/mol. The van der Waals surface area contributed by atoms with Crippen LogP contribution in [0.25, 0.3) is 0 Å². The van der Waals surface area contributed by atoms with Gasteiger partial charge in [-0.15, -0.1) is 0 Å². The minimum Gasteiger partial charge on any atom is -0.462 e. The maximum Gasteiger partial charge on any atom is 0.472 e. The number of aliphatic hydroxyl groups excluding tert-OH is 1. The highest BCUT2D eigenvalue weighted by Crippen LogP contribution is 2.45. The summed E-state index contributed by atoms with van der Waals surface area (Å²) in [6, 6.07) is 0. The average Bonchev–Trinajstić information content (AvgIpc) is 0.948. The predicted octanol–water partition coefficient (Wildman–Crippen LogP) is 25.5. The second-order valence-corrected chi connectivity index (χ2v) is 33.8. The highest BCUT2D eigenvalue weighted by Gasteiger charge is 2.30. The molecule has 0 rings (SSSR count). The van der Waals surface area contributed by atoms with E-state index in [2.05, 4.69) is 41.5 Å². The zero-order chi connectivity index (χ0) is 75.6. The van der Waals surface area contributed by atoms with Crippen LogP contribution in [0.5, 0.6) is 0 Å². The Balaban J connectivity index is 5.22. The molecular formula is C84H164O17P2. The molecule has 3 unspecified atom stereocenters. The molecule has 103 heavy (non-hydrogen) atoms. The third-order valence-corrected chi connectivity index (χ3v) is 22.0. The van der Waals surface area contributed by atoms with Gasteiger partial charge in [0.25, 0.3) is 0 Å². The van der Waals surface area contributed by atoms with Gasteiger partial charge in [-0.2, -0.15) is 0 Å². The van der Waals surface area contributed by atoms with Crippen molar-refractivity contribution in [2.24, 2.45) is 11.8 Å². The van der Waals surface area contributed by atoms with Crippen molar-refractivity contribution in [1.82, 2.24) is 0 Å². The van der Waals surface area contributed by atoms with Crippen LogP contribution in [0.2, 0.25) is 0 Å². The summed E-state index contributed by atoms with van der Waals surface area (Å²) in [7, 11) is -9.92. The van der Waals surface area contributed by atoms with Crippen LogP contribution in [-0.2, 0) is 65.4 Å². The highest BCUT2D eigenvalue weighted by molar-refractivity contribution is 7.47. The van der Waals surface area contributed by atoms with Gasteiger partial charge < -0.3 is 33.8 Å². The minimum atomic E-state index is -4.96. The second-order valence-electron chi connectivity index (χ2n) is 30.9. The summed E-state index contributed by atoms with van der Waals surface area (Å²) < 4.78 is 68.8. The molecule has 6 atom stereocenters. The number of unbranched alkanes of at least 4 members (excludes halogenated alkanes) is 52. The van der Waals surface area contributed by atoms with E-state index in [-0.39, 0.29) is 25.7 Å². The van der Waals surface area contributed by atoms with Crippen LogP contribution in [0, 0.1) is 11.8 Å². The van der Waals surface area contributed by atoms with Crippen molar-refractivity contribution in [3.8, 4) is 0 Å². The number of hydrogen-bond acceptors (Lipinski definition) is 15. The molecule has 0 aliphatic carbocycles. The Morgan fingerprint density at radius 1 is 0.282 bits per heavy atom. The summed E-state index contributed by atoms with van der Waals surface area (Å²) in [5.41, 5.74) is 0. The standard InChI is InChI=1S/C84H164O17P2/c1-7-10-12-14-16-18-20-22-24-25-26-27-28-29-30-36-40-44-50-57-63-69-83(88)100-79(72-94-81(86)66-60-54-48-42-38-35-32-31-33-37-41-47-53-59-65-77(6)9-3)74-98-102(90,91)96-70-78(85)71-97-103(92,93)99-75-80(73-95-82(87)67-61-55-51-45-46-52-58-64-76(4)5)101-84(89)68-62-56-49-43-39-34-23-21-19-17-15-13-11-8-2/h76-80,85H,7-75H2,1-6H3,(H,90,91)(H,92,93)/t77?,78-,79-,80-/m1/s1. The molecule has 3 N–H and O–H groups in total. The Morgan fingerprint density at radius 3 is 0.738 bits per heavy atom. The minimum absolute atomic E-state index is 0.107. The molecule has 0 radical (unpaired) electrons. The third-order valence-electron chi connectivity index (χ3n) is 20.1. The summed E-state index contributed by atoms with van der Waals surface area (Å²) in [5, 5.41) is 10.7. The summed E-state index contributed by atoms with van der Waals surface area (Å²) in [4.78, 5) is 73.1. The van der Waals surface area contributed by atoms with Crippen LogP contribution in [0.3, 0.4) is 0 Å². The SMILES string of the molecule is CCCCCCCCCCCCCCCCCCCCCCCC(=O)O[C@H](COC(=O)CCCCCCCCCCCCCCCCC(C)CC)COP(=O)(O)OC[C@@H](O)COP(=O)(O)OC[C@@H](COC(=O)CCCCCCCCCC(C)C)OC(=O)CCCCCCCCCCCCCCCC. The topological polar surface area (TPSA) is 237 Å².